The lowest BCUT2D eigenvalue weighted by Crippen LogP contribution is -2.04. The van der Waals surface area contributed by atoms with Crippen LogP contribution in [-0.2, 0) is 4.57 Å². The first kappa shape index (κ1) is 17.3. The summed E-state index contributed by atoms with van der Waals surface area (Å²) in [6.45, 7) is 0. The minimum absolute atomic E-state index is 0.427. The minimum atomic E-state index is -3.18. The highest BCUT2D eigenvalue weighted by Crippen LogP contribution is 2.49. The van der Waals surface area contributed by atoms with Crippen LogP contribution in [0, 0.1) is 0 Å². The Morgan fingerprint density at radius 3 is 1.56 bits per heavy atom. The first-order chi connectivity index (χ1) is 12.1. The highest BCUT2D eigenvalue weighted by molar-refractivity contribution is 7.70. The molecular formula is C20H18ClN2OP. The summed E-state index contributed by atoms with van der Waals surface area (Å²) < 4.78 is 13.6. The molecule has 3 nitrogen and oxygen atoms in total. The van der Waals surface area contributed by atoms with Crippen molar-refractivity contribution in [3.63, 3.8) is 0 Å². The Morgan fingerprint density at radius 2 is 1.12 bits per heavy atom. The van der Waals surface area contributed by atoms with Crippen molar-refractivity contribution in [3.05, 3.63) is 102 Å². The zero-order chi connectivity index (χ0) is 17.5. The molecule has 2 N–H and O–H groups in total. The largest absolute Gasteiger partial charge is 0.317 e. The second-order valence-corrected chi connectivity index (χ2v) is 7.89. The van der Waals surface area contributed by atoms with Crippen LogP contribution in [0.1, 0.15) is 5.56 Å². The molecule has 0 unspecified atom stereocenters. The van der Waals surface area contributed by atoms with Gasteiger partial charge in [0.05, 0.1) is 5.03 Å². The number of halogens is 1. The van der Waals surface area contributed by atoms with E-state index in [9.17, 15) is 4.57 Å². The van der Waals surface area contributed by atoms with Gasteiger partial charge in [-0.2, -0.15) is 0 Å². The fraction of sp³-hybridized carbons (Fsp3) is 0. The number of anilines is 2. The smallest absolute Gasteiger partial charge is 0.282 e. The van der Waals surface area contributed by atoms with Crippen LogP contribution in [0.5, 0.6) is 0 Å². The number of nitrogens with one attached hydrogen (secondary N) is 2. The first-order valence-corrected chi connectivity index (χ1v) is 10.0. The van der Waals surface area contributed by atoms with Crippen LogP contribution >= 0.6 is 19.0 Å². The van der Waals surface area contributed by atoms with Gasteiger partial charge in [-0.15, -0.1) is 0 Å². The fourth-order valence-electron chi connectivity index (χ4n) is 2.33. The maximum atomic E-state index is 13.6. The topological polar surface area (TPSA) is 41.1 Å². The number of rotatable bonds is 6. The van der Waals surface area contributed by atoms with Gasteiger partial charge in [-0.05, 0) is 29.8 Å². The molecule has 0 amide bonds. The first-order valence-electron chi connectivity index (χ1n) is 7.85. The van der Waals surface area contributed by atoms with E-state index in [0.29, 0.717) is 5.03 Å². The average molecular weight is 369 g/mol. The maximum absolute atomic E-state index is 13.6. The number of hydrogen-bond acceptors (Lipinski definition) is 1. The summed E-state index contributed by atoms with van der Waals surface area (Å²) >= 11 is 6.43. The van der Waals surface area contributed by atoms with E-state index in [2.05, 4.69) is 10.2 Å². The molecule has 0 bridgehead atoms. The van der Waals surface area contributed by atoms with E-state index in [4.69, 9.17) is 11.6 Å². The Bertz CT molecular complexity index is 838. The summed E-state index contributed by atoms with van der Waals surface area (Å²) in [5.74, 6) is 1.56. The van der Waals surface area contributed by atoms with Gasteiger partial charge in [-0.1, -0.05) is 78.3 Å². The summed E-state index contributed by atoms with van der Waals surface area (Å²) in [5.41, 5.74) is 2.32. The molecule has 3 rings (SSSR count). The predicted molar refractivity (Wildman–Crippen MR) is 108 cm³/mol. The number of para-hydroxylation sites is 2. The highest BCUT2D eigenvalue weighted by Gasteiger charge is 2.20. The van der Waals surface area contributed by atoms with Crippen LogP contribution < -0.4 is 10.2 Å². The van der Waals surface area contributed by atoms with Gasteiger partial charge < -0.3 is 10.2 Å². The van der Waals surface area contributed by atoms with E-state index < -0.39 is 7.44 Å². The number of benzene rings is 3. The summed E-state index contributed by atoms with van der Waals surface area (Å²) in [6.07, 6.45) is 0. The maximum Gasteiger partial charge on any atom is 0.282 e. The second-order valence-electron chi connectivity index (χ2n) is 5.46. The Morgan fingerprint density at radius 1 is 0.720 bits per heavy atom. The summed E-state index contributed by atoms with van der Waals surface area (Å²) in [6, 6.07) is 28.3. The molecule has 0 spiro atoms. The van der Waals surface area contributed by atoms with Crippen LogP contribution in [0.3, 0.4) is 0 Å². The van der Waals surface area contributed by atoms with Gasteiger partial charge in [-0.3, -0.25) is 4.57 Å². The minimum Gasteiger partial charge on any atom is -0.317 e. The van der Waals surface area contributed by atoms with Gasteiger partial charge in [0.25, 0.3) is 7.44 Å². The van der Waals surface area contributed by atoms with Crippen LogP contribution in [0.4, 0.5) is 11.4 Å². The van der Waals surface area contributed by atoms with Crippen molar-refractivity contribution in [1.29, 1.82) is 0 Å². The molecule has 0 radical (unpaired) electrons. The summed E-state index contributed by atoms with van der Waals surface area (Å²) in [4.78, 5) is 0. The Balaban J connectivity index is 1.95. The van der Waals surface area contributed by atoms with Crippen molar-refractivity contribution >= 4 is 35.5 Å². The molecular weight excluding hydrogens is 351 g/mol. The van der Waals surface area contributed by atoms with Crippen LogP contribution in [-0.4, -0.2) is 0 Å². The third-order valence-electron chi connectivity index (χ3n) is 3.48. The second kappa shape index (κ2) is 8.06. The van der Waals surface area contributed by atoms with E-state index in [0.717, 1.165) is 16.9 Å². The van der Waals surface area contributed by atoms with E-state index in [-0.39, 0.29) is 0 Å². The molecule has 3 aromatic rings. The molecule has 0 aliphatic heterocycles. The predicted octanol–water partition coefficient (Wildman–Crippen LogP) is 6.64. The lowest BCUT2D eigenvalue weighted by molar-refractivity contribution is 0.587. The lowest BCUT2D eigenvalue weighted by Gasteiger charge is -2.20. The molecule has 0 saturated heterocycles. The van der Waals surface area contributed by atoms with Crippen molar-refractivity contribution in [3.8, 4) is 0 Å². The number of hydrogen-bond donors (Lipinski definition) is 2. The molecule has 3 aromatic carbocycles. The highest BCUT2D eigenvalue weighted by atomic mass is 35.5. The van der Waals surface area contributed by atoms with Gasteiger partial charge in [0.15, 0.2) is 0 Å². The average Bonchev–Trinajstić information content (AvgIpc) is 2.64. The van der Waals surface area contributed by atoms with Crippen molar-refractivity contribution in [2.75, 3.05) is 10.2 Å². The van der Waals surface area contributed by atoms with Crippen molar-refractivity contribution in [2.24, 2.45) is 0 Å². The van der Waals surface area contributed by atoms with Crippen molar-refractivity contribution in [1.82, 2.24) is 0 Å². The van der Waals surface area contributed by atoms with Crippen LogP contribution in [0.2, 0.25) is 0 Å². The molecule has 0 atom stereocenters. The lowest BCUT2D eigenvalue weighted by atomic mass is 10.2. The summed E-state index contributed by atoms with van der Waals surface area (Å²) in [5, 5.41) is 6.60. The Labute approximate surface area is 152 Å². The third-order valence-corrected chi connectivity index (χ3v) is 5.76. The van der Waals surface area contributed by atoms with Gasteiger partial charge in [0, 0.05) is 17.2 Å². The molecule has 5 heteroatoms. The SMILES string of the molecule is O=P(/C=C(\Cl)c1ccccc1)(Nc1ccccc1)Nc1ccccc1. The Kier molecular flexibility index (Phi) is 5.60. The summed E-state index contributed by atoms with van der Waals surface area (Å²) in [7, 11) is -3.18. The fourth-order valence-corrected chi connectivity index (χ4v) is 4.59. The molecule has 0 aliphatic rings. The van der Waals surface area contributed by atoms with Crippen molar-refractivity contribution < 1.29 is 4.57 Å². The third kappa shape index (κ3) is 4.99. The quantitative estimate of drug-likeness (QED) is 0.479. The zero-order valence-corrected chi connectivity index (χ0v) is 15.1. The van der Waals surface area contributed by atoms with E-state index in [1.165, 1.54) is 0 Å². The van der Waals surface area contributed by atoms with Crippen LogP contribution in [0.15, 0.2) is 96.8 Å². The molecule has 25 heavy (non-hydrogen) atoms. The van der Waals surface area contributed by atoms with Gasteiger partial charge in [0.1, 0.15) is 0 Å². The molecule has 0 saturated carbocycles. The molecule has 0 aromatic heterocycles. The van der Waals surface area contributed by atoms with Crippen LogP contribution in [0.25, 0.3) is 5.03 Å². The van der Waals surface area contributed by atoms with Crippen molar-refractivity contribution in [2.45, 2.75) is 0 Å². The molecule has 0 heterocycles. The van der Waals surface area contributed by atoms with Gasteiger partial charge in [0.2, 0.25) is 0 Å². The monoisotopic (exact) mass is 368 g/mol. The van der Waals surface area contributed by atoms with E-state index >= 15 is 0 Å². The van der Waals surface area contributed by atoms with Gasteiger partial charge >= 0.3 is 0 Å². The molecule has 126 valence electrons. The molecule has 0 aliphatic carbocycles. The van der Waals surface area contributed by atoms with Gasteiger partial charge in [-0.25, -0.2) is 0 Å². The zero-order valence-electron chi connectivity index (χ0n) is 13.5. The normalized spacial score (nSPS) is 11.8. The standard InChI is InChI=1S/C20H18ClN2OP/c21-20(17-10-4-1-5-11-17)16-25(24,22-18-12-6-2-7-13-18)23-19-14-8-3-9-15-19/h1-16H,(H2,22,23,24)/b20-16-. The Hall–Kier alpha value is -2.48. The molecule has 0 fully saturated rings. The van der Waals surface area contributed by atoms with E-state index in [1.807, 2.05) is 91.0 Å². The van der Waals surface area contributed by atoms with E-state index in [1.54, 1.807) is 5.82 Å².